The number of pyridine rings is 1. The topological polar surface area (TPSA) is 62.3 Å². The molecule has 0 radical (unpaired) electrons. The molecular weight excluding hydrogens is 341 g/mol. The maximum atomic E-state index is 13.3. The largest absolute Gasteiger partial charge is 0.324 e. The molecule has 1 unspecified atom stereocenters. The van der Waals surface area contributed by atoms with Crippen LogP contribution >= 0.6 is 11.8 Å². The first-order chi connectivity index (χ1) is 12.0. The molecule has 7 heteroatoms. The lowest BCUT2D eigenvalue weighted by Gasteiger charge is -2.23. The Morgan fingerprint density at radius 3 is 2.88 bits per heavy atom. The van der Waals surface area contributed by atoms with Crippen molar-refractivity contribution in [1.82, 2.24) is 9.88 Å². The van der Waals surface area contributed by atoms with Crippen LogP contribution in [-0.2, 0) is 4.79 Å². The van der Waals surface area contributed by atoms with E-state index < -0.39 is 12.0 Å². The molecular formula is C18H18FN3O2S. The van der Waals surface area contributed by atoms with Gasteiger partial charge in [-0.1, -0.05) is 12.1 Å². The van der Waals surface area contributed by atoms with Crippen LogP contribution in [0.25, 0.3) is 0 Å². The molecule has 25 heavy (non-hydrogen) atoms. The van der Waals surface area contributed by atoms with E-state index in [1.165, 1.54) is 28.9 Å². The van der Waals surface area contributed by atoms with Crippen molar-refractivity contribution in [3.8, 4) is 0 Å². The number of anilines is 1. The number of nitrogens with one attached hydrogen (secondary N) is 1. The lowest BCUT2D eigenvalue weighted by atomic mass is 10.1. The number of halogens is 1. The highest BCUT2D eigenvalue weighted by molar-refractivity contribution is 7.99. The van der Waals surface area contributed by atoms with Gasteiger partial charge in [-0.15, -0.1) is 11.8 Å². The summed E-state index contributed by atoms with van der Waals surface area (Å²) in [5.41, 5.74) is 3.01. The zero-order valence-electron chi connectivity index (χ0n) is 14.0. The minimum atomic E-state index is -0.714. The summed E-state index contributed by atoms with van der Waals surface area (Å²) >= 11 is 1.50. The number of rotatable bonds is 3. The molecule has 1 aliphatic rings. The molecule has 1 fully saturated rings. The fraction of sp³-hybridized carbons (Fsp3) is 0.278. The monoisotopic (exact) mass is 359 g/mol. The summed E-state index contributed by atoms with van der Waals surface area (Å²) in [6.45, 7) is 3.92. The normalized spacial score (nSPS) is 16.8. The molecule has 2 aromatic rings. The number of nitrogens with zero attached hydrogens (tertiary/aromatic N) is 2. The van der Waals surface area contributed by atoms with Crippen LogP contribution in [0.5, 0.6) is 0 Å². The Bertz CT molecular complexity index is 828. The summed E-state index contributed by atoms with van der Waals surface area (Å²) in [7, 11) is 0. The average Bonchev–Trinajstić information content (AvgIpc) is 3.08. The van der Waals surface area contributed by atoms with E-state index in [-0.39, 0.29) is 17.4 Å². The molecule has 0 aliphatic carbocycles. The maximum absolute atomic E-state index is 13.3. The highest BCUT2D eigenvalue weighted by atomic mass is 32.2. The zero-order valence-corrected chi connectivity index (χ0v) is 14.8. The van der Waals surface area contributed by atoms with Crippen molar-refractivity contribution in [2.45, 2.75) is 19.9 Å². The number of thioether (sulfide) groups is 1. The molecule has 1 N–H and O–H groups in total. The van der Waals surface area contributed by atoms with Crippen LogP contribution in [-0.4, -0.2) is 39.4 Å². The molecule has 130 valence electrons. The van der Waals surface area contributed by atoms with Crippen molar-refractivity contribution in [3.63, 3.8) is 0 Å². The van der Waals surface area contributed by atoms with Gasteiger partial charge in [0.2, 0.25) is 11.9 Å². The summed E-state index contributed by atoms with van der Waals surface area (Å²) < 4.78 is 13.3. The predicted octanol–water partition coefficient (Wildman–Crippen LogP) is 2.99. The Labute approximate surface area is 149 Å². The van der Waals surface area contributed by atoms with Gasteiger partial charge < -0.3 is 10.2 Å². The highest BCUT2D eigenvalue weighted by Crippen LogP contribution is 2.25. The van der Waals surface area contributed by atoms with Gasteiger partial charge in [-0.05, 0) is 37.1 Å². The molecule has 0 bridgehead atoms. The van der Waals surface area contributed by atoms with Crippen molar-refractivity contribution in [3.05, 3.63) is 59.2 Å². The van der Waals surface area contributed by atoms with Gasteiger partial charge in [-0.3, -0.25) is 9.59 Å². The zero-order chi connectivity index (χ0) is 18.0. The van der Waals surface area contributed by atoms with Gasteiger partial charge in [-0.2, -0.15) is 4.39 Å². The first-order valence-electron chi connectivity index (χ1n) is 7.84. The Morgan fingerprint density at radius 1 is 1.32 bits per heavy atom. The molecule has 1 atom stereocenters. The number of carbonyl (C=O) groups excluding carboxylic acids is 2. The fourth-order valence-electron chi connectivity index (χ4n) is 2.66. The van der Waals surface area contributed by atoms with E-state index in [0.29, 0.717) is 11.6 Å². The van der Waals surface area contributed by atoms with Gasteiger partial charge in [0.15, 0.2) is 0 Å². The van der Waals surface area contributed by atoms with E-state index in [4.69, 9.17) is 0 Å². The van der Waals surface area contributed by atoms with Gasteiger partial charge >= 0.3 is 0 Å². The molecule has 1 aliphatic heterocycles. The maximum Gasteiger partial charge on any atom is 0.255 e. The smallest absolute Gasteiger partial charge is 0.255 e. The van der Waals surface area contributed by atoms with E-state index in [0.717, 1.165) is 22.9 Å². The summed E-state index contributed by atoms with van der Waals surface area (Å²) in [4.78, 5) is 30.2. The molecule has 2 amide bonds. The molecule has 1 aromatic carbocycles. The molecule has 2 heterocycles. The Balaban J connectivity index is 1.78. The molecule has 3 rings (SSSR count). The van der Waals surface area contributed by atoms with Crippen LogP contribution in [0.1, 0.15) is 21.5 Å². The lowest BCUT2D eigenvalue weighted by molar-refractivity contribution is -0.119. The van der Waals surface area contributed by atoms with Gasteiger partial charge in [0, 0.05) is 29.3 Å². The second kappa shape index (κ2) is 7.23. The Morgan fingerprint density at radius 2 is 2.12 bits per heavy atom. The second-order valence-electron chi connectivity index (χ2n) is 5.89. The van der Waals surface area contributed by atoms with Gasteiger partial charge in [0.1, 0.15) is 6.04 Å². The number of hydrogen-bond acceptors (Lipinski definition) is 4. The van der Waals surface area contributed by atoms with Crippen LogP contribution in [0.4, 0.5) is 10.1 Å². The molecule has 5 nitrogen and oxygen atoms in total. The van der Waals surface area contributed by atoms with Crippen molar-refractivity contribution < 1.29 is 14.0 Å². The number of aryl methyl sites for hydroxylation is 1. The van der Waals surface area contributed by atoms with Crippen LogP contribution in [0.2, 0.25) is 0 Å². The van der Waals surface area contributed by atoms with Gasteiger partial charge in [-0.25, -0.2) is 4.98 Å². The quantitative estimate of drug-likeness (QED) is 0.856. The summed E-state index contributed by atoms with van der Waals surface area (Å²) in [6.07, 6.45) is 1.25. The third-order valence-electron chi connectivity index (χ3n) is 4.28. The summed E-state index contributed by atoms with van der Waals surface area (Å²) in [6, 6.07) is 7.65. The number of hydrogen-bond donors (Lipinski definition) is 1. The number of carbonyl (C=O) groups is 2. The van der Waals surface area contributed by atoms with E-state index >= 15 is 0 Å². The Hall–Kier alpha value is -2.41. The van der Waals surface area contributed by atoms with Crippen LogP contribution < -0.4 is 5.32 Å². The van der Waals surface area contributed by atoms with Crippen LogP contribution in [0.15, 0.2) is 36.5 Å². The number of benzene rings is 1. The van der Waals surface area contributed by atoms with E-state index in [1.54, 1.807) is 0 Å². The van der Waals surface area contributed by atoms with Crippen molar-refractivity contribution in [1.29, 1.82) is 0 Å². The lowest BCUT2D eigenvalue weighted by Crippen LogP contribution is -2.44. The number of aromatic nitrogens is 1. The van der Waals surface area contributed by atoms with Crippen LogP contribution in [0.3, 0.4) is 0 Å². The predicted molar refractivity (Wildman–Crippen MR) is 96.0 cm³/mol. The molecule has 0 saturated carbocycles. The fourth-order valence-corrected chi connectivity index (χ4v) is 3.82. The first kappa shape index (κ1) is 17.4. The van der Waals surface area contributed by atoms with E-state index in [1.807, 2.05) is 32.0 Å². The number of amides is 2. The Kier molecular flexibility index (Phi) is 5.03. The molecule has 0 spiro atoms. The van der Waals surface area contributed by atoms with Crippen molar-refractivity contribution in [2.75, 3.05) is 16.9 Å². The van der Waals surface area contributed by atoms with E-state index in [2.05, 4.69) is 10.3 Å². The van der Waals surface area contributed by atoms with Crippen molar-refractivity contribution in [2.24, 2.45) is 0 Å². The van der Waals surface area contributed by atoms with Crippen LogP contribution in [0, 0.1) is 19.8 Å². The highest BCUT2D eigenvalue weighted by Gasteiger charge is 2.35. The minimum Gasteiger partial charge on any atom is -0.324 e. The van der Waals surface area contributed by atoms with E-state index in [9.17, 15) is 14.0 Å². The first-order valence-corrected chi connectivity index (χ1v) is 9.00. The average molecular weight is 359 g/mol. The standard InChI is InChI=1S/C18H18FN3O2S/c1-11-4-3-5-14(12(11)2)21-17(23)15-9-25-10-22(15)18(24)13-6-7-20-16(19)8-13/h3-8,15H,9-10H2,1-2H3,(H,21,23). The summed E-state index contributed by atoms with van der Waals surface area (Å²) in [5, 5.41) is 2.91. The SMILES string of the molecule is Cc1cccc(NC(=O)C2CSCN2C(=O)c2ccnc(F)c2)c1C. The second-order valence-corrected chi connectivity index (χ2v) is 6.89. The molecule has 1 saturated heterocycles. The van der Waals surface area contributed by atoms with Gasteiger partial charge in [0.05, 0.1) is 5.88 Å². The molecule has 1 aromatic heterocycles. The third kappa shape index (κ3) is 3.66. The van der Waals surface area contributed by atoms with Gasteiger partial charge in [0.25, 0.3) is 5.91 Å². The van der Waals surface area contributed by atoms with Crippen molar-refractivity contribution >= 4 is 29.3 Å². The third-order valence-corrected chi connectivity index (χ3v) is 5.29. The summed E-state index contributed by atoms with van der Waals surface area (Å²) in [5.74, 6) is -0.410. The minimum absolute atomic E-state index is 0.194.